The summed E-state index contributed by atoms with van der Waals surface area (Å²) in [5.41, 5.74) is 0.991. The highest BCUT2D eigenvalue weighted by atomic mass is 15.2. The third-order valence-corrected chi connectivity index (χ3v) is 0.843. The molecule has 1 aliphatic heterocycles. The van der Waals surface area contributed by atoms with Gasteiger partial charge in [0.2, 0.25) is 0 Å². The quantitative estimate of drug-likeness (QED) is 0.449. The number of rotatable bonds is 0. The smallest absolute Gasteiger partial charge is 0.0958 e. The van der Waals surface area contributed by atoms with Crippen LogP contribution in [0.15, 0.2) is 24.7 Å². The van der Waals surface area contributed by atoms with Gasteiger partial charge in [0, 0.05) is 5.70 Å². The Labute approximate surface area is 42.9 Å². The SMILES string of the molecule is C=C1CNC(=C)N1. The fraction of sp³-hybridized carbons (Fsp3) is 0.200. The summed E-state index contributed by atoms with van der Waals surface area (Å²) in [6.07, 6.45) is 0. The van der Waals surface area contributed by atoms with Crippen molar-refractivity contribution in [1.29, 1.82) is 0 Å². The summed E-state index contributed by atoms with van der Waals surface area (Å²) >= 11 is 0. The Balaban J connectivity index is 2.55. The summed E-state index contributed by atoms with van der Waals surface area (Å²) in [7, 11) is 0. The average molecular weight is 96.1 g/mol. The number of hydrogen-bond donors (Lipinski definition) is 2. The van der Waals surface area contributed by atoms with E-state index >= 15 is 0 Å². The van der Waals surface area contributed by atoms with Crippen molar-refractivity contribution in [2.45, 2.75) is 0 Å². The Morgan fingerprint density at radius 2 is 2.14 bits per heavy atom. The lowest BCUT2D eigenvalue weighted by atomic mass is 10.5. The molecule has 0 aromatic carbocycles. The van der Waals surface area contributed by atoms with Gasteiger partial charge in [-0.25, -0.2) is 0 Å². The minimum Gasteiger partial charge on any atom is -0.367 e. The van der Waals surface area contributed by atoms with E-state index in [1.807, 2.05) is 0 Å². The highest BCUT2D eigenvalue weighted by molar-refractivity contribution is 5.12. The molecule has 1 saturated heterocycles. The van der Waals surface area contributed by atoms with Crippen LogP contribution in [0.5, 0.6) is 0 Å². The lowest BCUT2D eigenvalue weighted by Gasteiger charge is -1.89. The van der Waals surface area contributed by atoms with Crippen LogP contribution in [-0.4, -0.2) is 6.54 Å². The maximum atomic E-state index is 3.67. The van der Waals surface area contributed by atoms with E-state index in [0.29, 0.717) is 0 Å². The molecule has 0 saturated carbocycles. The monoisotopic (exact) mass is 96.1 g/mol. The van der Waals surface area contributed by atoms with Crippen LogP contribution >= 0.6 is 0 Å². The summed E-state index contributed by atoms with van der Waals surface area (Å²) in [5.74, 6) is 0.852. The van der Waals surface area contributed by atoms with Crippen LogP contribution in [-0.2, 0) is 0 Å². The van der Waals surface area contributed by atoms with Gasteiger partial charge in [0.05, 0.1) is 12.4 Å². The zero-order chi connectivity index (χ0) is 5.28. The molecule has 0 bridgehead atoms. The van der Waals surface area contributed by atoms with Crippen molar-refractivity contribution >= 4 is 0 Å². The molecular formula is C5H8N2. The Bertz CT molecular complexity index is 101. The summed E-state index contributed by atoms with van der Waals surface area (Å²) < 4.78 is 0. The van der Waals surface area contributed by atoms with Crippen LogP contribution < -0.4 is 10.6 Å². The summed E-state index contributed by atoms with van der Waals surface area (Å²) in [6.45, 7) is 8.11. The molecule has 1 rings (SSSR count). The zero-order valence-electron chi connectivity index (χ0n) is 4.12. The van der Waals surface area contributed by atoms with Crippen LogP contribution in [0.1, 0.15) is 0 Å². The molecule has 2 nitrogen and oxygen atoms in total. The Morgan fingerprint density at radius 1 is 1.43 bits per heavy atom. The second kappa shape index (κ2) is 1.30. The Morgan fingerprint density at radius 3 is 2.29 bits per heavy atom. The van der Waals surface area contributed by atoms with Crippen molar-refractivity contribution in [2.24, 2.45) is 0 Å². The molecule has 0 spiro atoms. The lowest BCUT2D eigenvalue weighted by molar-refractivity contribution is 0.962. The van der Waals surface area contributed by atoms with Gasteiger partial charge in [-0.15, -0.1) is 0 Å². The van der Waals surface area contributed by atoms with Gasteiger partial charge in [-0.3, -0.25) is 0 Å². The summed E-state index contributed by atoms with van der Waals surface area (Å²) in [5, 5.41) is 5.88. The molecule has 0 aromatic heterocycles. The standard InChI is InChI=1S/C5H8N2/c1-4-3-6-5(2)7-4/h6-7H,1-3H2. The lowest BCUT2D eigenvalue weighted by Crippen LogP contribution is -2.06. The highest BCUT2D eigenvalue weighted by Gasteiger charge is 2.02. The summed E-state index contributed by atoms with van der Waals surface area (Å²) in [6, 6.07) is 0. The van der Waals surface area contributed by atoms with Crippen LogP contribution in [0, 0.1) is 0 Å². The molecule has 1 fully saturated rings. The molecule has 0 unspecified atom stereocenters. The second-order valence-corrected chi connectivity index (χ2v) is 1.56. The molecule has 0 radical (unpaired) electrons. The molecule has 2 heteroatoms. The van der Waals surface area contributed by atoms with Gasteiger partial charge in [0.25, 0.3) is 0 Å². The van der Waals surface area contributed by atoms with Crippen molar-refractivity contribution in [1.82, 2.24) is 10.6 Å². The largest absolute Gasteiger partial charge is 0.367 e. The van der Waals surface area contributed by atoms with E-state index < -0.39 is 0 Å². The van der Waals surface area contributed by atoms with Crippen molar-refractivity contribution in [3.05, 3.63) is 24.7 Å². The molecular weight excluding hydrogens is 88.1 g/mol. The van der Waals surface area contributed by atoms with Gasteiger partial charge in [-0.2, -0.15) is 0 Å². The van der Waals surface area contributed by atoms with Crippen LogP contribution in [0.2, 0.25) is 0 Å². The first kappa shape index (κ1) is 4.24. The van der Waals surface area contributed by atoms with Gasteiger partial charge in [0.15, 0.2) is 0 Å². The van der Waals surface area contributed by atoms with Crippen molar-refractivity contribution < 1.29 is 0 Å². The molecule has 1 aliphatic rings. The number of nitrogens with one attached hydrogen (secondary N) is 2. The van der Waals surface area contributed by atoms with E-state index in [4.69, 9.17) is 0 Å². The first-order chi connectivity index (χ1) is 3.29. The van der Waals surface area contributed by atoms with E-state index in [1.54, 1.807) is 0 Å². The predicted molar refractivity (Wildman–Crippen MR) is 29.4 cm³/mol. The van der Waals surface area contributed by atoms with Gasteiger partial charge in [-0.1, -0.05) is 13.2 Å². The van der Waals surface area contributed by atoms with E-state index in [0.717, 1.165) is 18.1 Å². The molecule has 0 aromatic rings. The highest BCUT2D eigenvalue weighted by Crippen LogP contribution is 1.93. The Hall–Kier alpha value is -0.920. The average Bonchev–Trinajstić information content (AvgIpc) is 1.87. The summed E-state index contributed by atoms with van der Waals surface area (Å²) in [4.78, 5) is 0. The van der Waals surface area contributed by atoms with E-state index in [1.165, 1.54) is 0 Å². The normalized spacial score (nSPS) is 18.9. The van der Waals surface area contributed by atoms with Crippen molar-refractivity contribution in [3.8, 4) is 0 Å². The van der Waals surface area contributed by atoms with Crippen molar-refractivity contribution in [3.63, 3.8) is 0 Å². The second-order valence-electron chi connectivity index (χ2n) is 1.56. The van der Waals surface area contributed by atoms with E-state index in [2.05, 4.69) is 23.8 Å². The van der Waals surface area contributed by atoms with E-state index in [9.17, 15) is 0 Å². The van der Waals surface area contributed by atoms with Crippen LogP contribution in [0.3, 0.4) is 0 Å². The Kier molecular flexibility index (Phi) is 0.785. The molecule has 0 amide bonds. The van der Waals surface area contributed by atoms with Gasteiger partial charge >= 0.3 is 0 Å². The first-order valence-corrected chi connectivity index (χ1v) is 2.16. The molecule has 38 valence electrons. The minimum atomic E-state index is 0.818. The van der Waals surface area contributed by atoms with Crippen LogP contribution in [0.4, 0.5) is 0 Å². The maximum Gasteiger partial charge on any atom is 0.0958 e. The minimum absolute atomic E-state index is 0.818. The topological polar surface area (TPSA) is 24.1 Å². The maximum absolute atomic E-state index is 3.67. The molecule has 0 atom stereocenters. The molecule has 1 heterocycles. The van der Waals surface area contributed by atoms with E-state index in [-0.39, 0.29) is 0 Å². The van der Waals surface area contributed by atoms with Crippen LogP contribution in [0.25, 0.3) is 0 Å². The molecule has 0 aliphatic carbocycles. The third kappa shape index (κ3) is 0.738. The molecule has 2 N–H and O–H groups in total. The van der Waals surface area contributed by atoms with Gasteiger partial charge < -0.3 is 10.6 Å². The first-order valence-electron chi connectivity index (χ1n) is 2.16. The zero-order valence-corrected chi connectivity index (χ0v) is 4.12. The third-order valence-electron chi connectivity index (χ3n) is 0.843. The van der Waals surface area contributed by atoms with Gasteiger partial charge in [0.1, 0.15) is 0 Å². The fourth-order valence-corrected chi connectivity index (χ4v) is 0.515. The number of hydrogen-bond acceptors (Lipinski definition) is 2. The van der Waals surface area contributed by atoms with Gasteiger partial charge in [-0.05, 0) is 0 Å². The fourth-order valence-electron chi connectivity index (χ4n) is 0.515. The molecule has 7 heavy (non-hydrogen) atoms. The van der Waals surface area contributed by atoms with Crippen molar-refractivity contribution in [2.75, 3.05) is 6.54 Å². The predicted octanol–water partition coefficient (Wildman–Crippen LogP) is 0.164.